The number of carbonyl (C=O) groups is 3. The van der Waals surface area contributed by atoms with Gasteiger partial charge in [0.05, 0.1) is 30.1 Å². The van der Waals surface area contributed by atoms with Crippen molar-refractivity contribution >= 4 is 23.8 Å². The first-order valence-electron chi connectivity index (χ1n) is 13.3. The van der Waals surface area contributed by atoms with E-state index in [-0.39, 0.29) is 17.7 Å². The lowest BCUT2D eigenvalue weighted by molar-refractivity contribution is -0.143. The molecule has 0 unspecified atom stereocenters. The van der Waals surface area contributed by atoms with Crippen LogP contribution in [-0.4, -0.2) is 31.4 Å². The average Bonchev–Trinajstić information content (AvgIpc) is 2.86. The van der Waals surface area contributed by atoms with Crippen LogP contribution >= 0.6 is 0 Å². The summed E-state index contributed by atoms with van der Waals surface area (Å²) in [4.78, 5) is 38.0. The van der Waals surface area contributed by atoms with Gasteiger partial charge in [0, 0.05) is 16.7 Å². The predicted octanol–water partition coefficient (Wildman–Crippen LogP) is 7.02. The van der Waals surface area contributed by atoms with Gasteiger partial charge in [0.15, 0.2) is 5.78 Å². The number of methoxy groups -OCH3 is 1. The van der Waals surface area contributed by atoms with E-state index in [9.17, 15) is 14.4 Å². The maximum absolute atomic E-state index is 13.1. The van der Waals surface area contributed by atoms with Crippen molar-refractivity contribution in [3.8, 4) is 23.0 Å². The van der Waals surface area contributed by atoms with Gasteiger partial charge in [0.2, 0.25) is 0 Å². The van der Waals surface area contributed by atoms with Crippen molar-refractivity contribution in [2.24, 2.45) is 10.8 Å². The molecule has 0 spiro atoms. The Bertz CT molecular complexity index is 1220. The summed E-state index contributed by atoms with van der Waals surface area (Å²) in [6.07, 6.45) is 4.21. The average molecular weight is 539 g/mol. The fourth-order valence-corrected chi connectivity index (χ4v) is 3.72. The molecule has 0 amide bonds. The van der Waals surface area contributed by atoms with Crippen molar-refractivity contribution in [2.75, 3.05) is 13.7 Å². The number of ether oxygens (including phenoxy) is 4. The minimum absolute atomic E-state index is 0.243. The molecule has 2 aromatic rings. The number of esters is 2. The number of hydrogen-bond acceptors (Lipinski definition) is 7. The van der Waals surface area contributed by atoms with E-state index in [0.29, 0.717) is 53.6 Å². The molecule has 0 atom stereocenters. The van der Waals surface area contributed by atoms with Crippen LogP contribution in [0.2, 0.25) is 0 Å². The van der Waals surface area contributed by atoms with Crippen LogP contribution in [0.25, 0.3) is 6.08 Å². The van der Waals surface area contributed by atoms with Crippen LogP contribution in [0.3, 0.4) is 0 Å². The Hall–Kier alpha value is -3.61. The third kappa shape index (κ3) is 7.71. The van der Waals surface area contributed by atoms with Gasteiger partial charge in [-0.1, -0.05) is 13.8 Å². The molecule has 212 valence electrons. The van der Waals surface area contributed by atoms with Crippen molar-refractivity contribution in [1.29, 1.82) is 0 Å². The number of hydrogen-bond donors (Lipinski definition) is 0. The van der Waals surface area contributed by atoms with Crippen LogP contribution in [-0.2, 0) is 22.4 Å². The van der Waals surface area contributed by atoms with Crippen LogP contribution < -0.4 is 18.9 Å². The monoisotopic (exact) mass is 538 g/mol. The number of rotatable bonds is 10. The first kappa shape index (κ1) is 31.6. The molecule has 0 heterocycles. The third-order valence-electron chi connectivity index (χ3n) is 5.96. The highest BCUT2D eigenvalue weighted by Gasteiger charge is 2.30. The van der Waals surface area contributed by atoms with Gasteiger partial charge in [-0.25, -0.2) is 0 Å². The molecule has 0 saturated heterocycles. The quantitative estimate of drug-likeness (QED) is 0.139. The van der Waals surface area contributed by atoms with Gasteiger partial charge < -0.3 is 18.9 Å². The lowest BCUT2D eigenvalue weighted by Crippen LogP contribution is -2.26. The molecule has 7 nitrogen and oxygen atoms in total. The Labute approximate surface area is 232 Å². The number of ketones is 1. The van der Waals surface area contributed by atoms with Gasteiger partial charge in [-0.05, 0) is 97.7 Å². The minimum Gasteiger partial charge on any atom is -0.496 e. The normalized spacial score (nSPS) is 11.8. The second-order valence-electron chi connectivity index (χ2n) is 11.2. The van der Waals surface area contributed by atoms with Crippen molar-refractivity contribution in [2.45, 2.75) is 75.2 Å². The van der Waals surface area contributed by atoms with Gasteiger partial charge in [0.1, 0.15) is 23.0 Å². The van der Waals surface area contributed by atoms with Gasteiger partial charge in [-0.15, -0.1) is 0 Å². The molecule has 2 rings (SSSR count). The SMILES string of the molecule is CCOc1c(C=CC(=O)c2ccc(OC(=O)C(C)(C)C)cc2)c(OC)c(CC)c(OC(=O)C(C)(C)C)c1CC. The van der Waals surface area contributed by atoms with Crippen LogP contribution in [0.1, 0.15) is 89.4 Å². The standard InChI is InChI=1S/C32H42O7/c1-11-22-26(36-10)24(27(37-13-3)23(12-2)28(22)39-30(35)32(7,8)9)18-19-25(33)20-14-16-21(17-15-20)38-29(34)31(4,5)6/h14-19H,11-13H2,1-10H3. The van der Waals surface area contributed by atoms with Crippen molar-refractivity contribution < 1.29 is 33.3 Å². The smallest absolute Gasteiger partial charge is 0.316 e. The van der Waals surface area contributed by atoms with E-state index in [1.54, 1.807) is 79.0 Å². The molecule has 0 saturated carbocycles. The second kappa shape index (κ2) is 13.0. The molecule has 39 heavy (non-hydrogen) atoms. The van der Waals surface area contributed by atoms with Crippen LogP contribution in [0, 0.1) is 10.8 Å². The van der Waals surface area contributed by atoms with Crippen molar-refractivity contribution in [1.82, 2.24) is 0 Å². The largest absolute Gasteiger partial charge is 0.496 e. The maximum Gasteiger partial charge on any atom is 0.316 e. The van der Waals surface area contributed by atoms with Crippen molar-refractivity contribution in [3.63, 3.8) is 0 Å². The molecule has 0 aliphatic heterocycles. The summed E-state index contributed by atoms with van der Waals surface area (Å²) < 4.78 is 23.2. The molecule has 0 N–H and O–H groups in total. The highest BCUT2D eigenvalue weighted by molar-refractivity contribution is 6.07. The number of carbonyl (C=O) groups excluding carboxylic acids is 3. The summed E-state index contributed by atoms with van der Waals surface area (Å²) in [5.41, 5.74) is 1.18. The Balaban J connectivity index is 2.54. The first-order chi connectivity index (χ1) is 18.2. The van der Waals surface area contributed by atoms with E-state index in [2.05, 4.69) is 0 Å². The lowest BCUT2D eigenvalue weighted by Gasteiger charge is -2.25. The first-order valence-corrected chi connectivity index (χ1v) is 13.3. The molecular formula is C32H42O7. The Morgan fingerprint density at radius 2 is 1.26 bits per heavy atom. The fourth-order valence-electron chi connectivity index (χ4n) is 3.72. The summed E-state index contributed by atoms with van der Waals surface area (Å²) in [6.45, 7) is 16.9. The molecule has 0 aliphatic carbocycles. The van der Waals surface area contributed by atoms with E-state index in [0.717, 1.165) is 11.1 Å². The van der Waals surface area contributed by atoms with E-state index in [1.165, 1.54) is 6.08 Å². The molecule has 0 radical (unpaired) electrons. The van der Waals surface area contributed by atoms with Gasteiger partial charge in [-0.3, -0.25) is 14.4 Å². The molecule has 0 aliphatic rings. The summed E-state index contributed by atoms with van der Waals surface area (Å²) in [5, 5.41) is 0. The van der Waals surface area contributed by atoms with Gasteiger partial charge >= 0.3 is 11.9 Å². The zero-order chi connectivity index (χ0) is 29.5. The highest BCUT2D eigenvalue weighted by atomic mass is 16.5. The molecule has 0 fully saturated rings. The summed E-state index contributed by atoms with van der Waals surface area (Å²) in [5.74, 6) is 0.870. The van der Waals surface area contributed by atoms with E-state index >= 15 is 0 Å². The van der Waals surface area contributed by atoms with Crippen LogP contribution in [0.5, 0.6) is 23.0 Å². The fraction of sp³-hybridized carbons (Fsp3) is 0.469. The maximum atomic E-state index is 13.1. The van der Waals surface area contributed by atoms with E-state index in [4.69, 9.17) is 18.9 Å². The Kier molecular flexibility index (Phi) is 10.5. The van der Waals surface area contributed by atoms with Gasteiger partial charge in [0.25, 0.3) is 0 Å². The summed E-state index contributed by atoms with van der Waals surface area (Å²) in [6, 6.07) is 6.42. The highest BCUT2D eigenvalue weighted by Crippen LogP contribution is 2.46. The topological polar surface area (TPSA) is 88.1 Å². The summed E-state index contributed by atoms with van der Waals surface area (Å²) in [7, 11) is 1.54. The third-order valence-corrected chi connectivity index (χ3v) is 5.96. The zero-order valence-electron chi connectivity index (χ0n) is 24.9. The molecule has 0 aromatic heterocycles. The number of allylic oxidation sites excluding steroid dienone is 1. The lowest BCUT2D eigenvalue weighted by atomic mass is 9.94. The Morgan fingerprint density at radius 3 is 1.72 bits per heavy atom. The van der Waals surface area contributed by atoms with Crippen LogP contribution in [0.15, 0.2) is 30.3 Å². The van der Waals surface area contributed by atoms with E-state index < -0.39 is 10.8 Å². The van der Waals surface area contributed by atoms with Crippen molar-refractivity contribution in [3.05, 3.63) is 52.6 Å². The second-order valence-corrected chi connectivity index (χ2v) is 11.2. The molecule has 7 heteroatoms. The molecule has 0 bridgehead atoms. The van der Waals surface area contributed by atoms with E-state index in [1.807, 2.05) is 20.8 Å². The Morgan fingerprint density at radius 1 is 0.744 bits per heavy atom. The van der Waals surface area contributed by atoms with Gasteiger partial charge in [-0.2, -0.15) is 0 Å². The number of benzene rings is 2. The molecular weight excluding hydrogens is 496 g/mol. The predicted molar refractivity (Wildman–Crippen MR) is 153 cm³/mol. The molecule has 2 aromatic carbocycles. The minimum atomic E-state index is -0.694. The zero-order valence-corrected chi connectivity index (χ0v) is 24.9. The summed E-state index contributed by atoms with van der Waals surface area (Å²) >= 11 is 0. The van der Waals surface area contributed by atoms with Crippen LogP contribution in [0.4, 0.5) is 0 Å².